The largest absolute Gasteiger partial charge is 0.343 e. The molecule has 20 heavy (non-hydrogen) atoms. The topological polar surface area (TPSA) is 30.9 Å². The lowest BCUT2D eigenvalue weighted by molar-refractivity contribution is 0.835. The number of hydrogen-bond acceptors (Lipinski definition) is 1. The van der Waals surface area contributed by atoms with Gasteiger partial charge in [-0.1, -0.05) is 41.9 Å². The molecular formula is C17H17ClN2. The summed E-state index contributed by atoms with van der Waals surface area (Å²) in [5.41, 5.74) is 9.28. The fourth-order valence-corrected chi connectivity index (χ4v) is 2.70. The number of halogens is 1. The average Bonchev–Trinajstić information content (AvgIpc) is 2.85. The Labute approximate surface area is 123 Å². The summed E-state index contributed by atoms with van der Waals surface area (Å²) in [6.45, 7) is 1.46. The molecule has 0 saturated carbocycles. The first-order chi connectivity index (χ1) is 9.78. The van der Waals surface area contributed by atoms with Crippen LogP contribution >= 0.6 is 11.6 Å². The predicted molar refractivity (Wildman–Crippen MR) is 85.3 cm³/mol. The van der Waals surface area contributed by atoms with Gasteiger partial charge in [-0.05, 0) is 47.7 Å². The minimum absolute atomic E-state index is 0.677. The molecule has 3 heteroatoms. The molecule has 0 saturated heterocycles. The highest BCUT2D eigenvalue weighted by atomic mass is 35.5. The number of rotatable bonds is 4. The first-order valence-corrected chi connectivity index (χ1v) is 7.17. The van der Waals surface area contributed by atoms with Crippen LogP contribution in [0.4, 0.5) is 0 Å². The minimum atomic E-state index is 0.677. The van der Waals surface area contributed by atoms with E-state index in [4.69, 9.17) is 17.3 Å². The summed E-state index contributed by atoms with van der Waals surface area (Å²) in [5.74, 6) is 0. The molecule has 0 fully saturated rings. The van der Waals surface area contributed by atoms with Crippen LogP contribution in [0.25, 0.3) is 10.9 Å². The fraction of sp³-hybridized carbons (Fsp3) is 0.176. The van der Waals surface area contributed by atoms with Crippen LogP contribution in [0.5, 0.6) is 0 Å². The molecule has 102 valence electrons. The van der Waals surface area contributed by atoms with Gasteiger partial charge in [0.2, 0.25) is 0 Å². The van der Waals surface area contributed by atoms with Crippen molar-refractivity contribution in [2.24, 2.45) is 5.73 Å². The van der Waals surface area contributed by atoms with Crippen molar-refractivity contribution in [1.82, 2.24) is 4.57 Å². The summed E-state index contributed by atoms with van der Waals surface area (Å²) in [7, 11) is 0. The van der Waals surface area contributed by atoms with Gasteiger partial charge in [0.05, 0.1) is 0 Å². The Kier molecular flexibility index (Phi) is 3.77. The second-order valence-corrected chi connectivity index (χ2v) is 5.37. The summed E-state index contributed by atoms with van der Waals surface area (Å²) < 4.78 is 2.23. The van der Waals surface area contributed by atoms with Crippen molar-refractivity contribution in [3.05, 3.63) is 70.9 Å². The van der Waals surface area contributed by atoms with E-state index in [-0.39, 0.29) is 0 Å². The molecule has 3 rings (SSSR count). The highest BCUT2D eigenvalue weighted by Crippen LogP contribution is 2.22. The van der Waals surface area contributed by atoms with Crippen molar-refractivity contribution in [3.63, 3.8) is 0 Å². The summed E-state index contributed by atoms with van der Waals surface area (Å²) in [6.07, 6.45) is 3.02. The zero-order valence-corrected chi connectivity index (χ0v) is 12.0. The zero-order valence-electron chi connectivity index (χ0n) is 11.2. The first-order valence-electron chi connectivity index (χ1n) is 6.79. The van der Waals surface area contributed by atoms with Crippen LogP contribution in [0, 0.1) is 0 Å². The molecule has 2 nitrogen and oxygen atoms in total. The van der Waals surface area contributed by atoms with E-state index >= 15 is 0 Å². The zero-order chi connectivity index (χ0) is 13.9. The molecule has 0 aliphatic rings. The van der Waals surface area contributed by atoms with Crippen LogP contribution < -0.4 is 5.73 Å². The quantitative estimate of drug-likeness (QED) is 0.775. The fourth-order valence-electron chi connectivity index (χ4n) is 2.50. The van der Waals surface area contributed by atoms with Crippen molar-refractivity contribution in [2.45, 2.75) is 13.0 Å². The third-order valence-corrected chi connectivity index (χ3v) is 3.94. The number of nitrogens with zero attached hydrogens (tertiary/aromatic N) is 1. The van der Waals surface area contributed by atoms with Crippen LogP contribution in [0.2, 0.25) is 5.02 Å². The number of fused-ring (bicyclic) bond motifs is 1. The molecule has 0 bridgehead atoms. The summed E-state index contributed by atoms with van der Waals surface area (Å²) >= 11 is 6.24. The van der Waals surface area contributed by atoms with E-state index in [9.17, 15) is 0 Å². The molecule has 0 aliphatic heterocycles. The Balaban J connectivity index is 1.99. The maximum Gasteiger partial charge on any atom is 0.0490 e. The van der Waals surface area contributed by atoms with Gasteiger partial charge in [0, 0.05) is 23.3 Å². The Morgan fingerprint density at radius 1 is 1.05 bits per heavy atom. The van der Waals surface area contributed by atoms with Crippen LogP contribution in [0.1, 0.15) is 11.1 Å². The van der Waals surface area contributed by atoms with Gasteiger partial charge in [0.25, 0.3) is 0 Å². The molecule has 0 radical (unpaired) electrons. The van der Waals surface area contributed by atoms with Crippen molar-refractivity contribution in [2.75, 3.05) is 6.54 Å². The van der Waals surface area contributed by atoms with E-state index in [2.05, 4.69) is 41.1 Å². The molecule has 2 aromatic carbocycles. The van der Waals surface area contributed by atoms with Crippen molar-refractivity contribution < 1.29 is 0 Å². The molecule has 1 aromatic heterocycles. The van der Waals surface area contributed by atoms with Gasteiger partial charge in [-0.2, -0.15) is 0 Å². The monoisotopic (exact) mass is 284 g/mol. The lowest BCUT2D eigenvalue weighted by Crippen LogP contribution is -2.03. The number of aromatic nitrogens is 1. The maximum atomic E-state index is 6.24. The number of nitrogens with two attached hydrogens (primary N) is 1. The van der Waals surface area contributed by atoms with E-state index in [0.717, 1.165) is 23.6 Å². The van der Waals surface area contributed by atoms with Crippen molar-refractivity contribution in [3.8, 4) is 0 Å². The molecule has 0 spiro atoms. The molecule has 3 aromatic rings. The highest BCUT2D eigenvalue weighted by molar-refractivity contribution is 6.31. The van der Waals surface area contributed by atoms with Crippen molar-refractivity contribution >= 4 is 22.5 Å². The summed E-state index contributed by atoms with van der Waals surface area (Å²) in [6, 6.07) is 16.6. The van der Waals surface area contributed by atoms with Crippen molar-refractivity contribution in [1.29, 1.82) is 0 Å². The van der Waals surface area contributed by atoms with E-state index in [1.54, 1.807) is 0 Å². The Morgan fingerprint density at radius 2 is 1.90 bits per heavy atom. The SMILES string of the molecule is NCCc1ccc2ccn(Cc3ccccc3Cl)c2c1. The summed E-state index contributed by atoms with van der Waals surface area (Å²) in [5, 5.41) is 2.06. The van der Waals surface area contributed by atoms with Gasteiger partial charge < -0.3 is 10.3 Å². The normalized spacial score (nSPS) is 11.1. The standard InChI is InChI=1S/C17H17ClN2/c18-16-4-2-1-3-15(16)12-20-10-8-14-6-5-13(7-9-19)11-17(14)20/h1-6,8,10-11H,7,9,12,19H2. The van der Waals surface area contributed by atoms with E-state index in [1.807, 2.05) is 18.2 Å². The summed E-state index contributed by atoms with van der Waals surface area (Å²) in [4.78, 5) is 0. The average molecular weight is 285 g/mol. The molecular weight excluding hydrogens is 268 g/mol. The van der Waals surface area contributed by atoms with Gasteiger partial charge in [-0.15, -0.1) is 0 Å². The van der Waals surface area contributed by atoms with Crippen LogP contribution in [-0.4, -0.2) is 11.1 Å². The molecule has 0 unspecified atom stereocenters. The molecule has 1 heterocycles. The third-order valence-electron chi connectivity index (χ3n) is 3.57. The first kappa shape index (κ1) is 13.2. The van der Waals surface area contributed by atoms with Gasteiger partial charge in [-0.3, -0.25) is 0 Å². The predicted octanol–water partition coefficient (Wildman–Crippen LogP) is 3.84. The lowest BCUT2D eigenvalue weighted by Gasteiger charge is -2.08. The van der Waals surface area contributed by atoms with Crippen LogP contribution in [0.3, 0.4) is 0 Å². The smallest absolute Gasteiger partial charge is 0.0490 e. The Hall–Kier alpha value is -1.77. The van der Waals surface area contributed by atoms with Gasteiger partial charge >= 0.3 is 0 Å². The molecule has 0 atom stereocenters. The van der Waals surface area contributed by atoms with Gasteiger partial charge in [0.15, 0.2) is 0 Å². The third kappa shape index (κ3) is 2.58. The van der Waals surface area contributed by atoms with E-state index in [0.29, 0.717) is 6.54 Å². The Morgan fingerprint density at radius 3 is 2.70 bits per heavy atom. The Bertz CT molecular complexity index is 731. The molecule has 2 N–H and O–H groups in total. The van der Waals surface area contributed by atoms with E-state index in [1.165, 1.54) is 16.5 Å². The van der Waals surface area contributed by atoms with Crippen LogP contribution in [-0.2, 0) is 13.0 Å². The second kappa shape index (κ2) is 5.70. The van der Waals surface area contributed by atoms with Gasteiger partial charge in [-0.25, -0.2) is 0 Å². The second-order valence-electron chi connectivity index (χ2n) is 4.97. The number of benzene rings is 2. The maximum absolute atomic E-state index is 6.24. The van der Waals surface area contributed by atoms with Crippen LogP contribution in [0.15, 0.2) is 54.7 Å². The molecule has 0 aliphatic carbocycles. The number of hydrogen-bond donors (Lipinski definition) is 1. The lowest BCUT2D eigenvalue weighted by atomic mass is 10.1. The van der Waals surface area contributed by atoms with E-state index < -0.39 is 0 Å². The minimum Gasteiger partial charge on any atom is -0.343 e. The van der Waals surface area contributed by atoms with Gasteiger partial charge in [0.1, 0.15) is 0 Å². The highest BCUT2D eigenvalue weighted by Gasteiger charge is 2.05. The molecule has 0 amide bonds.